The fourth-order valence-electron chi connectivity index (χ4n) is 3.73. The first-order chi connectivity index (χ1) is 15.5. The number of aromatic nitrogens is 1. The summed E-state index contributed by atoms with van der Waals surface area (Å²) < 4.78 is 18.2. The lowest BCUT2D eigenvalue weighted by Crippen LogP contribution is -2.38. The van der Waals surface area contributed by atoms with Crippen LogP contribution in [0.15, 0.2) is 53.5 Å². The maximum absolute atomic E-state index is 12.9. The van der Waals surface area contributed by atoms with Gasteiger partial charge in [0.25, 0.3) is 5.91 Å². The monoisotopic (exact) mass is 437 g/mol. The standard InChI is InChI=1S/C24H27N3O5/c1-26-16-21(23(28)20-7-6-18(30-2)15-22(20)26)24(29)25-17-4-3-5-19(14-17)32-13-10-27-8-11-31-12-9-27/h3-7,14-16H,8-13H2,1-2H3,(H,25,29). The normalized spacial score (nSPS) is 14.3. The fourth-order valence-corrected chi connectivity index (χ4v) is 3.73. The zero-order valence-electron chi connectivity index (χ0n) is 18.3. The van der Waals surface area contributed by atoms with E-state index in [1.165, 1.54) is 0 Å². The molecule has 1 N–H and O–H groups in total. The lowest BCUT2D eigenvalue weighted by molar-refractivity contribution is 0.0322. The van der Waals surface area contributed by atoms with Gasteiger partial charge in [0.15, 0.2) is 0 Å². The van der Waals surface area contributed by atoms with Crippen molar-refractivity contribution in [3.63, 3.8) is 0 Å². The molecule has 0 unspecified atom stereocenters. The number of ether oxygens (including phenoxy) is 3. The van der Waals surface area contributed by atoms with Gasteiger partial charge in [-0.3, -0.25) is 14.5 Å². The van der Waals surface area contributed by atoms with Crippen molar-refractivity contribution in [1.82, 2.24) is 9.47 Å². The molecule has 0 atom stereocenters. The fraction of sp³-hybridized carbons (Fsp3) is 0.333. The number of aryl methyl sites for hydroxylation is 1. The van der Waals surface area contributed by atoms with Crippen LogP contribution in [0.2, 0.25) is 0 Å². The van der Waals surface area contributed by atoms with Gasteiger partial charge in [-0.05, 0) is 24.3 Å². The summed E-state index contributed by atoms with van der Waals surface area (Å²) in [6.45, 7) is 4.69. The summed E-state index contributed by atoms with van der Waals surface area (Å²) in [5, 5.41) is 3.27. The van der Waals surface area contributed by atoms with Crippen LogP contribution < -0.4 is 20.2 Å². The number of methoxy groups -OCH3 is 1. The minimum atomic E-state index is -0.464. The Hall–Kier alpha value is -3.36. The molecule has 0 aliphatic carbocycles. The van der Waals surface area contributed by atoms with Gasteiger partial charge in [-0.25, -0.2) is 0 Å². The number of nitrogens with one attached hydrogen (secondary N) is 1. The highest BCUT2D eigenvalue weighted by molar-refractivity contribution is 6.05. The molecule has 1 saturated heterocycles. The predicted octanol–water partition coefficient (Wildman–Crippen LogP) is 2.51. The number of hydrogen-bond acceptors (Lipinski definition) is 6. The van der Waals surface area contributed by atoms with Crippen molar-refractivity contribution in [1.29, 1.82) is 0 Å². The average molecular weight is 437 g/mol. The molecule has 0 saturated carbocycles. The van der Waals surface area contributed by atoms with E-state index in [0.717, 1.165) is 32.8 Å². The highest BCUT2D eigenvalue weighted by Gasteiger charge is 2.16. The molecule has 4 rings (SSSR count). The molecule has 1 aliphatic heterocycles. The van der Waals surface area contributed by atoms with Crippen LogP contribution in [0.25, 0.3) is 10.9 Å². The highest BCUT2D eigenvalue weighted by atomic mass is 16.5. The van der Waals surface area contributed by atoms with Crippen molar-refractivity contribution in [2.24, 2.45) is 7.05 Å². The molecule has 8 nitrogen and oxygen atoms in total. The number of carbonyl (C=O) groups excluding carboxylic acids is 1. The van der Waals surface area contributed by atoms with Crippen LogP contribution in [0.1, 0.15) is 10.4 Å². The number of hydrogen-bond donors (Lipinski definition) is 1. The second-order valence-corrected chi connectivity index (χ2v) is 7.65. The van der Waals surface area contributed by atoms with Crippen molar-refractivity contribution < 1.29 is 19.0 Å². The van der Waals surface area contributed by atoms with Crippen molar-refractivity contribution in [3.8, 4) is 11.5 Å². The number of amides is 1. The van der Waals surface area contributed by atoms with E-state index in [1.807, 2.05) is 12.1 Å². The van der Waals surface area contributed by atoms with E-state index in [9.17, 15) is 9.59 Å². The van der Waals surface area contributed by atoms with Gasteiger partial charge in [-0.1, -0.05) is 6.07 Å². The van der Waals surface area contributed by atoms with Gasteiger partial charge in [0.1, 0.15) is 23.7 Å². The van der Waals surface area contributed by atoms with E-state index in [2.05, 4.69) is 10.2 Å². The smallest absolute Gasteiger partial charge is 0.261 e. The van der Waals surface area contributed by atoms with Gasteiger partial charge >= 0.3 is 0 Å². The molecule has 1 aliphatic rings. The van der Waals surface area contributed by atoms with E-state index in [0.29, 0.717) is 34.7 Å². The molecule has 168 valence electrons. The number of morpholine rings is 1. The largest absolute Gasteiger partial charge is 0.497 e. The number of carbonyl (C=O) groups is 1. The summed E-state index contributed by atoms with van der Waals surface area (Å²) in [6, 6.07) is 12.3. The van der Waals surface area contributed by atoms with Crippen LogP contribution in [-0.2, 0) is 11.8 Å². The van der Waals surface area contributed by atoms with Gasteiger partial charge in [0, 0.05) is 56.1 Å². The Morgan fingerprint density at radius 1 is 1.12 bits per heavy atom. The van der Waals surface area contributed by atoms with E-state index in [4.69, 9.17) is 14.2 Å². The zero-order valence-corrected chi connectivity index (χ0v) is 18.3. The lowest BCUT2D eigenvalue weighted by Gasteiger charge is -2.26. The zero-order chi connectivity index (χ0) is 22.5. The van der Waals surface area contributed by atoms with Gasteiger partial charge in [0.05, 0.1) is 25.8 Å². The molecule has 0 radical (unpaired) electrons. The highest BCUT2D eigenvalue weighted by Crippen LogP contribution is 2.20. The van der Waals surface area contributed by atoms with Crippen molar-refractivity contribution >= 4 is 22.5 Å². The summed E-state index contributed by atoms with van der Waals surface area (Å²) in [4.78, 5) is 28.1. The molecule has 1 amide bonds. The summed E-state index contributed by atoms with van der Waals surface area (Å²) in [6.07, 6.45) is 1.54. The third-order valence-electron chi connectivity index (χ3n) is 5.51. The van der Waals surface area contributed by atoms with Gasteiger partial charge < -0.3 is 24.1 Å². The minimum absolute atomic E-state index is 0.0730. The number of benzene rings is 2. The Balaban J connectivity index is 1.45. The second kappa shape index (κ2) is 9.84. The molecular formula is C24H27N3O5. The molecule has 1 aromatic heterocycles. The molecule has 32 heavy (non-hydrogen) atoms. The van der Waals surface area contributed by atoms with Crippen LogP contribution >= 0.6 is 0 Å². The molecule has 2 heterocycles. The Morgan fingerprint density at radius 2 is 1.94 bits per heavy atom. The van der Waals surface area contributed by atoms with Crippen LogP contribution in [0.3, 0.4) is 0 Å². The van der Waals surface area contributed by atoms with Crippen LogP contribution in [0.5, 0.6) is 11.5 Å². The lowest BCUT2D eigenvalue weighted by atomic mass is 10.1. The average Bonchev–Trinajstić information content (AvgIpc) is 2.82. The van der Waals surface area contributed by atoms with Crippen LogP contribution in [0, 0.1) is 0 Å². The molecule has 0 bridgehead atoms. The van der Waals surface area contributed by atoms with Crippen LogP contribution in [0.4, 0.5) is 5.69 Å². The molecule has 2 aromatic carbocycles. The van der Waals surface area contributed by atoms with Crippen molar-refractivity contribution in [3.05, 3.63) is 64.4 Å². The quantitative estimate of drug-likeness (QED) is 0.612. The number of pyridine rings is 1. The first kappa shape index (κ1) is 21.9. The second-order valence-electron chi connectivity index (χ2n) is 7.65. The molecule has 3 aromatic rings. The van der Waals surface area contributed by atoms with Crippen molar-refractivity contribution in [2.45, 2.75) is 0 Å². The Morgan fingerprint density at radius 3 is 2.72 bits per heavy atom. The first-order valence-electron chi connectivity index (χ1n) is 10.6. The molecule has 8 heteroatoms. The number of fused-ring (bicyclic) bond motifs is 1. The Bertz CT molecular complexity index is 1170. The summed E-state index contributed by atoms with van der Waals surface area (Å²) in [7, 11) is 3.36. The molecule has 1 fully saturated rings. The summed E-state index contributed by atoms with van der Waals surface area (Å²) in [5.41, 5.74) is 1.01. The number of anilines is 1. The summed E-state index contributed by atoms with van der Waals surface area (Å²) >= 11 is 0. The third kappa shape index (κ3) is 4.92. The topological polar surface area (TPSA) is 82.0 Å². The molecule has 0 spiro atoms. The third-order valence-corrected chi connectivity index (χ3v) is 5.51. The van der Waals surface area contributed by atoms with Gasteiger partial charge in [-0.2, -0.15) is 0 Å². The minimum Gasteiger partial charge on any atom is -0.497 e. The summed E-state index contributed by atoms with van der Waals surface area (Å²) in [5.74, 6) is 0.846. The molecular weight excluding hydrogens is 410 g/mol. The first-order valence-corrected chi connectivity index (χ1v) is 10.6. The van der Waals surface area contributed by atoms with Gasteiger partial charge in [0.2, 0.25) is 5.43 Å². The van der Waals surface area contributed by atoms with Gasteiger partial charge in [-0.15, -0.1) is 0 Å². The number of rotatable bonds is 7. The van der Waals surface area contributed by atoms with E-state index < -0.39 is 5.91 Å². The predicted molar refractivity (Wildman–Crippen MR) is 123 cm³/mol. The van der Waals surface area contributed by atoms with Crippen LogP contribution in [-0.4, -0.2) is 61.9 Å². The SMILES string of the molecule is COc1ccc2c(=O)c(C(=O)Nc3cccc(OCCN4CCOCC4)c3)cn(C)c2c1. The van der Waals surface area contributed by atoms with E-state index in [-0.39, 0.29) is 11.0 Å². The van der Waals surface area contributed by atoms with E-state index in [1.54, 1.807) is 55.3 Å². The van der Waals surface area contributed by atoms with Crippen molar-refractivity contribution in [2.75, 3.05) is 51.9 Å². The maximum Gasteiger partial charge on any atom is 0.261 e. The number of nitrogens with zero attached hydrogens (tertiary/aromatic N) is 2. The maximum atomic E-state index is 12.9. The van der Waals surface area contributed by atoms with E-state index >= 15 is 0 Å². The Labute approximate surface area is 186 Å². The Kier molecular flexibility index (Phi) is 6.72.